The fourth-order valence-corrected chi connectivity index (χ4v) is 2.63. The van der Waals surface area contributed by atoms with Crippen molar-refractivity contribution in [2.24, 2.45) is 0 Å². The molecule has 0 aliphatic heterocycles. The standard InChI is InChI=1S/C14H17Cl2NO2S/c15-12-4-2-11(13(16)10-12)3-5-14(19)17-6-9-20-8-1-7-18/h2-5,10,18H,1,6-9H2,(H,17,19)/b5-3+. The summed E-state index contributed by atoms with van der Waals surface area (Å²) in [6.45, 7) is 0.817. The highest BCUT2D eigenvalue weighted by molar-refractivity contribution is 7.99. The summed E-state index contributed by atoms with van der Waals surface area (Å²) in [5.41, 5.74) is 0.753. The van der Waals surface area contributed by atoms with Gasteiger partial charge in [-0.1, -0.05) is 29.3 Å². The maximum Gasteiger partial charge on any atom is 0.244 e. The zero-order valence-corrected chi connectivity index (χ0v) is 13.3. The summed E-state index contributed by atoms with van der Waals surface area (Å²) in [7, 11) is 0. The Bertz CT molecular complexity index is 466. The van der Waals surface area contributed by atoms with Crippen molar-refractivity contribution in [2.75, 3.05) is 24.7 Å². The third-order valence-corrected chi connectivity index (χ3v) is 4.00. The Hall–Kier alpha value is -0.680. The molecule has 0 spiro atoms. The molecule has 20 heavy (non-hydrogen) atoms. The van der Waals surface area contributed by atoms with Crippen molar-refractivity contribution in [2.45, 2.75) is 6.42 Å². The van der Waals surface area contributed by atoms with E-state index in [9.17, 15) is 4.79 Å². The van der Waals surface area contributed by atoms with E-state index in [0.717, 1.165) is 23.5 Å². The number of aliphatic hydroxyl groups excluding tert-OH is 1. The zero-order valence-electron chi connectivity index (χ0n) is 10.9. The number of hydrogen-bond acceptors (Lipinski definition) is 3. The van der Waals surface area contributed by atoms with E-state index in [4.69, 9.17) is 28.3 Å². The summed E-state index contributed by atoms with van der Waals surface area (Å²) in [6, 6.07) is 5.13. The summed E-state index contributed by atoms with van der Waals surface area (Å²) >= 11 is 13.5. The lowest BCUT2D eigenvalue weighted by molar-refractivity contribution is -0.116. The molecule has 6 heteroatoms. The van der Waals surface area contributed by atoms with E-state index in [-0.39, 0.29) is 12.5 Å². The molecule has 0 heterocycles. The maximum absolute atomic E-state index is 11.6. The largest absolute Gasteiger partial charge is 0.396 e. The van der Waals surface area contributed by atoms with E-state index >= 15 is 0 Å². The Morgan fingerprint density at radius 3 is 2.85 bits per heavy atom. The zero-order chi connectivity index (χ0) is 14.8. The van der Waals surface area contributed by atoms with E-state index in [1.807, 2.05) is 0 Å². The number of nitrogens with one attached hydrogen (secondary N) is 1. The van der Waals surface area contributed by atoms with E-state index in [1.54, 1.807) is 36.0 Å². The van der Waals surface area contributed by atoms with Gasteiger partial charge in [0.1, 0.15) is 0 Å². The van der Waals surface area contributed by atoms with Crippen LogP contribution in [0.15, 0.2) is 24.3 Å². The number of benzene rings is 1. The van der Waals surface area contributed by atoms with E-state index in [0.29, 0.717) is 16.6 Å². The minimum Gasteiger partial charge on any atom is -0.396 e. The van der Waals surface area contributed by atoms with Crippen molar-refractivity contribution in [1.29, 1.82) is 0 Å². The van der Waals surface area contributed by atoms with Crippen LogP contribution in [-0.2, 0) is 4.79 Å². The van der Waals surface area contributed by atoms with Gasteiger partial charge in [-0.25, -0.2) is 0 Å². The lowest BCUT2D eigenvalue weighted by atomic mass is 10.2. The van der Waals surface area contributed by atoms with Crippen molar-refractivity contribution >= 4 is 46.9 Å². The molecule has 2 N–H and O–H groups in total. The van der Waals surface area contributed by atoms with Crippen molar-refractivity contribution < 1.29 is 9.90 Å². The molecule has 1 aromatic carbocycles. The molecular formula is C14H17Cl2NO2S. The Kier molecular flexibility index (Phi) is 8.78. The van der Waals surface area contributed by atoms with Gasteiger partial charge in [-0.3, -0.25) is 4.79 Å². The molecule has 110 valence electrons. The van der Waals surface area contributed by atoms with Crippen LogP contribution >= 0.6 is 35.0 Å². The summed E-state index contributed by atoms with van der Waals surface area (Å²) in [4.78, 5) is 11.6. The molecule has 0 saturated carbocycles. The second kappa shape index (κ2) is 10.1. The molecule has 0 saturated heterocycles. The average molecular weight is 334 g/mol. The predicted molar refractivity (Wildman–Crippen MR) is 87.5 cm³/mol. The maximum atomic E-state index is 11.6. The van der Waals surface area contributed by atoms with Crippen LogP contribution in [0.5, 0.6) is 0 Å². The van der Waals surface area contributed by atoms with Crippen LogP contribution in [0, 0.1) is 0 Å². The second-order valence-corrected chi connectivity index (χ2v) is 6.05. The molecule has 0 bridgehead atoms. The number of thioether (sulfide) groups is 1. The topological polar surface area (TPSA) is 49.3 Å². The van der Waals surface area contributed by atoms with Gasteiger partial charge in [-0.05, 0) is 35.9 Å². The van der Waals surface area contributed by atoms with E-state index < -0.39 is 0 Å². The molecule has 0 unspecified atom stereocenters. The van der Waals surface area contributed by atoms with Crippen molar-refractivity contribution in [3.05, 3.63) is 39.9 Å². The molecule has 0 aromatic heterocycles. The Balaban J connectivity index is 2.29. The Morgan fingerprint density at radius 2 is 2.15 bits per heavy atom. The quantitative estimate of drug-likeness (QED) is 0.567. The highest BCUT2D eigenvalue weighted by Gasteiger charge is 1.99. The number of carbonyl (C=O) groups excluding carboxylic acids is 1. The fourth-order valence-electron chi connectivity index (χ4n) is 1.38. The number of hydrogen-bond donors (Lipinski definition) is 2. The van der Waals surface area contributed by atoms with Crippen LogP contribution in [0.4, 0.5) is 0 Å². The second-order valence-electron chi connectivity index (χ2n) is 3.98. The summed E-state index contributed by atoms with van der Waals surface area (Å²) in [5.74, 6) is 1.59. The number of halogens is 2. The van der Waals surface area contributed by atoms with Gasteiger partial charge in [0.15, 0.2) is 0 Å². The molecule has 0 aliphatic carbocycles. The van der Waals surface area contributed by atoms with Gasteiger partial charge >= 0.3 is 0 Å². The van der Waals surface area contributed by atoms with Crippen LogP contribution in [-0.4, -0.2) is 35.7 Å². The van der Waals surface area contributed by atoms with Gasteiger partial charge in [0.05, 0.1) is 0 Å². The van der Waals surface area contributed by atoms with Crippen molar-refractivity contribution in [1.82, 2.24) is 5.32 Å². The third kappa shape index (κ3) is 7.20. The molecule has 0 radical (unpaired) electrons. The third-order valence-electron chi connectivity index (χ3n) is 2.37. The molecule has 0 fully saturated rings. The van der Waals surface area contributed by atoms with Crippen LogP contribution in [0.2, 0.25) is 10.0 Å². The number of amides is 1. The monoisotopic (exact) mass is 333 g/mol. The first-order chi connectivity index (χ1) is 9.63. The highest BCUT2D eigenvalue weighted by atomic mass is 35.5. The smallest absolute Gasteiger partial charge is 0.244 e. The molecule has 0 atom stereocenters. The van der Waals surface area contributed by atoms with Gasteiger partial charge in [-0.15, -0.1) is 0 Å². The molecule has 1 aromatic rings. The van der Waals surface area contributed by atoms with Crippen LogP contribution in [0.1, 0.15) is 12.0 Å². The van der Waals surface area contributed by atoms with E-state index in [2.05, 4.69) is 5.32 Å². The first kappa shape index (κ1) is 17.4. The van der Waals surface area contributed by atoms with Crippen LogP contribution in [0.3, 0.4) is 0 Å². The lowest BCUT2D eigenvalue weighted by Gasteiger charge is -2.02. The lowest BCUT2D eigenvalue weighted by Crippen LogP contribution is -2.23. The molecule has 1 amide bonds. The van der Waals surface area contributed by atoms with Gasteiger partial charge < -0.3 is 10.4 Å². The summed E-state index contributed by atoms with van der Waals surface area (Å²) < 4.78 is 0. The van der Waals surface area contributed by atoms with Crippen LogP contribution in [0.25, 0.3) is 6.08 Å². The number of carbonyl (C=O) groups is 1. The molecule has 1 rings (SSSR count). The van der Waals surface area contributed by atoms with Gasteiger partial charge in [0, 0.05) is 35.0 Å². The molecular weight excluding hydrogens is 317 g/mol. The summed E-state index contributed by atoms with van der Waals surface area (Å²) in [5, 5.41) is 12.5. The van der Waals surface area contributed by atoms with Crippen molar-refractivity contribution in [3.63, 3.8) is 0 Å². The highest BCUT2D eigenvalue weighted by Crippen LogP contribution is 2.21. The number of aliphatic hydroxyl groups is 1. The van der Waals surface area contributed by atoms with Crippen LogP contribution < -0.4 is 5.32 Å². The normalized spacial score (nSPS) is 10.9. The van der Waals surface area contributed by atoms with E-state index in [1.165, 1.54) is 6.08 Å². The number of rotatable bonds is 8. The van der Waals surface area contributed by atoms with Gasteiger partial charge in [-0.2, -0.15) is 11.8 Å². The Labute approximate surface area is 133 Å². The first-order valence-electron chi connectivity index (χ1n) is 6.23. The molecule has 3 nitrogen and oxygen atoms in total. The average Bonchev–Trinajstić information content (AvgIpc) is 2.41. The minimum absolute atomic E-state index is 0.154. The fraction of sp³-hybridized carbons (Fsp3) is 0.357. The summed E-state index contributed by atoms with van der Waals surface area (Å²) in [6.07, 6.45) is 3.90. The van der Waals surface area contributed by atoms with Crippen molar-refractivity contribution in [3.8, 4) is 0 Å². The minimum atomic E-state index is -0.154. The first-order valence-corrected chi connectivity index (χ1v) is 8.14. The molecule has 0 aliphatic rings. The van der Waals surface area contributed by atoms with Gasteiger partial charge in [0.25, 0.3) is 0 Å². The predicted octanol–water partition coefficient (Wildman–Crippen LogP) is 3.24. The SMILES string of the molecule is O=C(/C=C/c1ccc(Cl)cc1Cl)NCCSCCCO. The van der Waals surface area contributed by atoms with Gasteiger partial charge in [0.2, 0.25) is 5.91 Å². The Morgan fingerprint density at radius 1 is 1.35 bits per heavy atom.